The van der Waals surface area contributed by atoms with Crippen molar-refractivity contribution in [1.29, 1.82) is 0 Å². The molecule has 33 heavy (non-hydrogen) atoms. The van der Waals surface area contributed by atoms with Crippen LogP contribution < -0.4 is 27.4 Å². The lowest BCUT2D eigenvalue weighted by molar-refractivity contribution is -0.142. The summed E-state index contributed by atoms with van der Waals surface area (Å²) in [6, 6.07) is 5.90. The third-order valence-electron chi connectivity index (χ3n) is 4.71. The van der Waals surface area contributed by atoms with E-state index in [4.69, 9.17) is 11.5 Å². The van der Waals surface area contributed by atoms with Crippen LogP contribution in [0.3, 0.4) is 0 Å². The third-order valence-corrected chi connectivity index (χ3v) is 4.71. The van der Waals surface area contributed by atoms with E-state index in [1.54, 1.807) is 13.8 Å². The average Bonchev–Trinajstić information content (AvgIpc) is 2.74. The fourth-order valence-corrected chi connectivity index (χ4v) is 3.03. The molecule has 11 nitrogen and oxygen atoms in total. The Labute approximate surface area is 192 Å². The van der Waals surface area contributed by atoms with Gasteiger partial charge in [-0.1, -0.05) is 44.2 Å². The fourth-order valence-electron chi connectivity index (χ4n) is 3.03. The minimum absolute atomic E-state index is 0.000340. The molecule has 0 saturated carbocycles. The van der Waals surface area contributed by atoms with Crippen molar-refractivity contribution in [3.05, 3.63) is 35.9 Å². The second kappa shape index (κ2) is 13.8. The van der Waals surface area contributed by atoms with Crippen molar-refractivity contribution in [3.8, 4) is 0 Å². The van der Waals surface area contributed by atoms with Crippen LogP contribution in [0.25, 0.3) is 0 Å². The minimum atomic E-state index is -1.21. The molecule has 11 heteroatoms. The van der Waals surface area contributed by atoms with Crippen molar-refractivity contribution in [2.75, 3.05) is 6.54 Å². The van der Waals surface area contributed by atoms with Gasteiger partial charge in [-0.05, 0) is 30.7 Å². The zero-order valence-corrected chi connectivity index (χ0v) is 18.9. The van der Waals surface area contributed by atoms with E-state index in [0.717, 1.165) is 5.56 Å². The summed E-state index contributed by atoms with van der Waals surface area (Å²) in [5.41, 5.74) is 11.9. The first-order valence-corrected chi connectivity index (χ1v) is 10.7. The second-order valence-electron chi connectivity index (χ2n) is 8.17. The summed E-state index contributed by atoms with van der Waals surface area (Å²) in [6.45, 7) is 3.16. The summed E-state index contributed by atoms with van der Waals surface area (Å²) in [7, 11) is 0. The highest BCUT2D eigenvalue weighted by molar-refractivity contribution is 5.92. The molecule has 0 radical (unpaired) electrons. The van der Waals surface area contributed by atoms with Crippen molar-refractivity contribution >= 4 is 29.6 Å². The molecule has 0 aromatic heterocycles. The molecule has 0 fully saturated rings. The summed E-state index contributed by atoms with van der Waals surface area (Å²) in [5.74, 6) is -3.90. The SMILES string of the molecule is CC(C)CC(NC(=O)C(CCC(N)=O)NC(=O)CNC(=O)C(N)Cc1ccccc1)C(=O)O. The maximum absolute atomic E-state index is 12.6. The molecule has 1 rings (SSSR count). The number of primary amides is 1. The maximum atomic E-state index is 12.6. The summed E-state index contributed by atoms with van der Waals surface area (Å²) in [5, 5.41) is 16.5. The number of nitrogens with one attached hydrogen (secondary N) is 3. The predicted molar refractivity (Wildman–Crippen MR) is 121 cm³/mol. The van der Waals surface area contributed by atoms with Crippen LogP contribution in [0.4, 0.5) is 0 Å². The monoisotopic (exact) mass is 463 g/mol. The first-order chi connectivity index (χ1) is 15.5. The van der Waals surface area contributed by atoms with Gasteiger partial charge in [-0.25, -0.2) is 4.79 Å². The van der Waals surface area contributed by atoms with Crippen LogP contribution in [0.15, 0.2) is 30.3 Å². The number of hydrogen-bond acceptors (Lipinski definition) is 6. The summed E-state index contributed by atoms with van der Waals surface area (Å²) >= 11 is 0. The molecule has 4 amide bonds. The van der Waals surface area contributed by atoms with Gasteiger partial charge in [0.25, 0.3) is 0 Å². The highest BCUT2D eigenvalue weighted by Gasteiger charge is 2.27. The molecule has 0 spiro atoms. The van der Waals surface area contributed by atoms with Gasteiger partial charge in [0.05, 0.1) is 12.6 Å². The Kier molecular flexibility index (Phi) is 11.6. The molecule has 3 atom stereocenters. The number of benzene rings is 1. The van der Waals surface area contributed by atoms with Crippen LogP contribution in [0.5, 0.6) is 0 Å². The number of carbonyl (C=O) groups excluding carboxylic acids is 4. The Bertz CT molecular complexity index is 830. The Morgan fingerprint density at radius 1 is 0.970 bits per heavy atom. The van der Waals surface area contributed by atoms with Crippen LogP contribution in [0.2, 0.25) is 0 Å². The lowest BCUT2D eigenvalue weighted by atomic mass is 10.0. The van der Waals surface area contributed by atoms with E-state index in [1.165, 1.54) is 0 Å². The van der Waals surface area contributed by atoms with Gasteiger partial charge in [0.15, 0.2) is 0 Å². The second-order valence-corrected chi connectivity index (χ2v) is 8.17. The molecular weight excluding hydrogens is 430 g/mol. The fraction of sp³-hybridized carbons (Fsp3) is 0.500. The van der Waals surface area contributed by atoms with Gasteiger partial charge < -0.3 is 32.5 Å². The van der Waals surface area contributed by atoms with Crippen molar-refractivity contribution in [1.82, 2.24) is 16.0 Å². The Morgan fingerprint density at radius 2 is 1.61 bits per heavy atom. The highest BCUT2D eigenvalue weighted by Crippen LogP contribution is 2.07. The molecule has 182 valence electrons. The van der Waals surface area contributed by atoms with Crippen LogP contribution in [0.1, 0.15) is 38.7 Å². The number of carboxylic acids is 1. The van der Waals surface area contributed by atoms with E-state index in [-0.39, 0.29) is 31.6 Å². The Balaban J connectivity index is 2.67. The molecule has 0 bridgehead atoms. The average molecular weight is 464 g/mol. The smallest absolute Gasteiger partial charge is 0.326 e. The number of amides is 4. The van der Waals surface area contributed by atoms with Gasteiger partial charge in [0.1, 0.15) is 12.1 Å². The largest absolute Gasteiger partial charge is 0.480 e. The number of aliphatic carboxylic acids is 1. The first-order valence-electron chi connectivity index (χ1n) is 10.7. The van der Waals surface area contributed by atoms with E-state index < -0.39 is 54.3 Å². The lowest BCUT2D eigenvalue weighted by Gasteiger charge is -2.22. The van der Waals surface area contributed by atoms with Crippen molar-refractivity contribution < 1.29 is 29.1 Å². The van der Waals surface area contributed by atoms with Gasteiger partial charge in [0, 0.05) is 6.42 Å². The molecule has 1 aromatic carbocycles. The zero-order chi connectivity index (χ0) is 25.0. The summed E-state index contributed by atoms with van der Waals surface area (Å²) in [4.78, 5) is 59.6. The van der Waals surface area contributed by atoms with Crippen LogP contribution in [0, 0.1) is 5.92 Å². The number of carbonyl (C=O) groups is 5. The molecule has 0 aliphatic carbocycles. The van der Waals surface area contributed by atoms with Crippen LogP contribution >= 0.6 is 0 Å². The Morgan fingerprint density at radius 3 is 2.15 bits per heavy atom. The van der Waals surface area contributed by atoms with Crippen molar-refractivity contribution in [2.45, 2.75) is 57.7 Å². The molecule has 0 saturated heterocycles. The quantitative estimate of drug-likeness (QED) is 0.204. The number of rotatable bonds is 14. The molecule has 0 aliphatic rings. The normalized spacial score (nSPS) is 13.5. The number of nitrogens with two attached hydrogens (primary N) is 2. The topological polar surface area (TPSA) is 194 Å². The molecule has 3 unspecified atom stereocenters. The van der Waals surface area contributed by atoms with Gasteiger partial charge >= 0.3 is 5.97 Å². The standard InChI is InChI=1S/C22H33N5O6/c1-13(2)10-17(22(32)33)27-21(31)16(8-9-18(24)28)26-19(29)12-25-20(30)15(23)11-14-6-4-3-5-7-14/h3-7,13,15-17H,8-12,23H2,1-2H3,(H2,24,28)(H,25,30)(H,26,29)(H,27,31)(H,32,33). The molecule has 8 N–H and O–H groups in total. The highest BCUT2D eigenvalue weighted by atomic mass is 16.4. The maximum Gasteiger partial charge on any atom is 0.326 e. The van der Waals surface area contributed by atoms with E-state index in [9.17, 15) is 29.1 Å². The molecular formula is C22H33N5O6. The molecule has 1 aromatic rings. The van der Waals surface area contributed by atoms with E-state index in [2.05, 4.69) is 16.0 Å². The van der Waals surface area contributed by atoms with Gasteiger partial charge in [0.2, 0.25) is 23.6 Å². The summed E-state index contributed by atoms with van der Waals surface area (Å²) in [6.07, 6.45) is 0.147. The minimum Gasteiger partial charge on any atom is -0.480 e. The predicted octanol–water partition coefficient (Wildman–Crippen LogP) is -0.962. The number of hydrogen-bond donors (Lipinski definition) is 6. The van der Waals surface area contributed by atoms with Crippen LogP contribution in [-0.4, -0.2) is 59.4 Å². The van der Waals surface area contributed by atoms with E-state index in [0.29, 0.717) is 0 Å². The zero-order valence-electron chi connectivity index (χ0n) is 18.9. The third kappa shape index (κ3) is 11.1. The molecule has 0 heterocycles. The van der Waals surface area contributed by atoms with Crippen molar-refractivity contribution in [2.24, 2.45) is 17.4 Å². The van der Waals surface area contributed by atoms with Gasteiger partial charge in [-0.3, -0.25) is 19.2 Å². The van der Waals surface area contributed by atoms with Crippen molar-refractivity contribution in [3.63, 3.8) is 0 Å². The Hall–Kier alpha value is -3.47. The van der Waals surface area contributed by atoms with Crippen LogP contribution in [-0.2, 0) is 30.4 Å². The first kappa shape index (κ1) is 27.6. The van der Waals surface area contributed by atoms with E-state index >= 15 is 0 Å². The lowest BCUT2D eigenvalue weighted by Crippen LogP contribution is -2.54. The van der Waals surface area contributed by atoms with E-state index in [1.807, 2.05) is 30.3 Å². The van der Waals surface area contributed by atoms with Gasteiger partial charge in [-0.15, -0.1) is 0 Å². The number of carboxylic acid groups (broad SMARTS) is 1. The molecule has 0 aliphatic heterocycles. The van der Waals surface area contributed by atoms with Gasteiger partial charge in [-0.2, -0.15) is 0 Å². The summed E-state index contributed by atoms with van der Waals surface area (Å²) < 4.78 is 0.